The number of nitrogens with one attached hydrogen (secondary N) is 1. The van der Waals surface area contributed by atoms with E-state index in [4.69, 9.17) is 0 Å². The van der Waals surface area contributed by atoms with Crippen LogP contribution in [-0.4, -0.2) is 80.6 Å². The van der Waals surface area contributed by atoms with E-state index in [9.17, 15) is 18.3 Å². The number of sulfone groups is 1. The number of piperazine rings is 1. The zero-order valence-corrected chi connectivity index (χ0v) is 16.9. The first-order valence-electron chi connectivity index (χ1n) is 9.70. The summed E-state index contributed by atoms with van der Waals surface area (Å²) >= 11 is 0. The highest BCUT2D eigenvalue weighted by Gasteiger charge is 2.38. The zero-order chi connectivity index (χ0) is 19.6. The fourth-order valence-corrected chi connectivity index (χ4v) is 5.92. The van der Waals surface area contributed by atoms with Gasteiger partial charge in [0.05, 0.1) is 37.7 Å². The predicted molar refractivity (Wildman–Crippen MR) is 105 cm³/mol. The van der Waals surface area contributed by atoms with Crippen molar-refractivity contribution >= 4 is 21.4 Å². The van der Waals surface area contributed by atoms with Crippen molar-refractivity contribution in [3.05, 3.63) is 24.3 Å². The molecule has 2 heterocycles. The van der Waals surface area contributed by atoms with Gasteiger partial charge in [-0.1, -0.05) is 0 Å². The number of hydrogen-bond donors (Lipinski definition) is 2. The van der Waals surface area contributed by atoms with Gasteiger partial charge in [-0.25, -0.2) is 8.42 Å². The molecule has 3 rings (SSSR count). The van der Waals surface area contributed by atoms with Crippen molar-refractivity contribution in [2.45, 2.75) is 32.4 Å². The summed E-state index contributed by atoms with van der Waals surface area (Å²) in [6, 6.07) is 6.86. The first-order chi connectivity index (χ1) is 12.8. The number of rotatable bonds is 5. The number of anilines is 1. The molecule has 0 aliphatic carbocycles. The molecule has 0 bridgehead atoms. The van der Waals surface area contributed by atoms with E-state index in [2.05, 4.69) is 4.90 Å². The van der Waals surface area contributed by atoms with Crippen LogP contribution in [0.1, 0.15) is 20.3 Å². The second-order valence-electron chi connectivity index (χ2n) is 7.56. The van der Waals surface area contributed by atoms with E-state index >= 15 is 0 Å². The number of likely N-dealkylation sites (N-methyl/N-ethyl adjacent to an activating group) is 1. The molecule has 2 aliphatic heterocycles. The molecule has 8 heteroatoms. The van der Waals surface area contributed by atoms with Crippen molar-refractivity contribution in [3.8, 4) is 5.75 Å². The number of phenols is 1. The molecule has 2 fully saturated rings. The summed E-state index contributed by atoms with van der Waals surface area (Å²) in [4.78, 5) is 18.3. The third-order valence-corrected chi connectivity index (χ3v) is 7.63. The number of quaternary nitrogens is 1. The summed E-state index contributed by atoms with van der Waals surface area (Å²) in [7, 11) is -3.00. The second-order valence-corrected chi connectivity index (χ2v) is 9.79. The normalized spacial score (nSPS) is 23.9. The molecule has 2 saturated heterocycles. The van der Waals surface area contributed by atoms with Gasteiger partial charge in [-0.15, -0.1) is 0 Å². The van der Waals surface area contributed by atoms with Crippen LogP contribution in [0.15, 0.2) is 24.3 Å². The van der Waals surface area contributed by atoms with Gasteiger partial charge < -0.3 is 19.8 Å². The number of carbonyl (C=O) groups is 1. The Morgan fingerprint density at radius 1 is 1.30 bits per heavy atom. The Morgan fingerprint density at radius 3 is 2.44 bits per heavy atom. The Kier molecular flexibility index (Phi) is 5.95. The third kappa shape index (κ3) is 4.55. The number of benzene rings is 1. The smallest absolute Gasteiger partial charge is 0.280 e. The van der Waals surface area contributed by atoms with Crippen molar-refractivity contribution in [2.24, 2.45) is 0 Å². The van der Waals surface area contributed by atoms with E-state index in [1.807, 2.05) is 26.0 Å². The van der Waals surface area contributed by atoms with E-state index in [-0.39, 0.29) is 35.2 Å². The van der Waals surface area contributed by atoms with Crippen LogP contribution in [0.2, 0.25) is 0 Å². The Balaban J connectivity index is 1.58. The van der Waals surface area contributed by atoms with Crippen LogP contribution in [0, 0.1) is 0 Å². The number of amides is 1. The molecule has 1 aromatic rings. The van der Waals surface area contributed by atoms with Crippen LogP contribution in [0.25, 0.3) is 0 Å². The second kappa shape index (κ2) is 8.06. The molecule has 2 aliphatic rings. The lowest BCUT2D eigenvalue weighted by Crippen LogP contribution is -3.19. The molecule has 0 spiro atoms. The van der Waals surface area contributed by atoms with Crippen molar-refractivity contribution in [1.82, 2.24) is 4.90 Å². The highest BCUT2D eigenvalue weighted by molar-refractivity contribution is 7.91. The van der Waals surface area contributed by atoms with E-state index in [1.165, 1.54) is 4.90 Å². The summed E-state index contributed by atoms with van der Waals surface area (Å²) in [5.74, 6) is 0.612. The summed E-state index contributed by atoms with van der Waals surface area (Å²) in [5.41, 5.74) is 1.08. The topological polar surface area (TPSA) is 82.4 Å². The number of carbonyl (C=O) groups excluding carboxylic acids is 1. The first-order valence-corrected chi connectivity index (χ1v) is 11.5. The summed E-state index contributed by atoms with van der Waals surface area (Å²) < 4.78 is 23.6. The maximum absolute atomic E-state index is 13.0. The quantitative estimate of drug-likeness (QED) is 0.703. The van der Waals surface area contributed by atoms with Crippen molar-refractivity contribution in [3.63, 3.8) is 0 Å². The van der Waals surface area contributed by atoms with Crippen LogP contribution >= 0.6 is 0 Å². The van der Waals surface area contributed by atoms with E-state index < -0.39 is 9.84 Å². The molecule has 27 heavy (non-hydrogen) atoms. The highest BCUT2D eigenvalue weighted by Crippen LogP contribution is 2.19. The van der Waals surface area contributed by atoms with E-state index in [0.29, 0.717) is 13.0 Å². The van der Waals surface area contributed by atoms with Gasteiger partial charge in [-0.2, -0.15) is 0 Å². The maximum Gasteiger partial charge on any atom is 0.280 e. The highest BCUT2D eigenvalue weighted by atomic mass is 32.2. The summed E-state index contributed by atoms with van der Waals surface area (Å²) in [6.45, 7) is 7.84. The largest absolute Gasteiger partial charge is 0.508 e. The monoisotopic (exact) mass is 396 g/mol. The Hall–Kier alpha value is -1.80. The third-order valence-electron chi connectivity index (χ3n) is 5.88. The molecule has 0 aromatic heterocycles. The van der Waals surface area contributed by atoms with Crippen LogP contribution in [0.4, 0.5) is 5.69 Å². The van der Waals surface area contributed by atoms with Gasteiger partial charge in [0.1, 0.15) is 5.75 Å². The average Bonchev–Trinajstić information content (AvgIpc) is 3.02. The Bertz CT molecular complexity index is 758. The van der Waals surface area contributed by atoms with Crippen molar-refractivity contribution in [1.29, 1.82) is 0 Å². The van der Waals surface area contributed by atoms with Crippen molar-refractivity contribution in [2.75, 3.05) is 49.1 Å². The summed E-state index contributed by atoms with van der Waals surface area (Å²) in [5, 5.41) is 9.43. The molecule has 1 amide bonds. The molecule has 150 valence electrons. The molecule has 0 saturated carbocycles. The van der Waals surface area contributed by atoms with Gasteiger partial charge >= 0.3 is 0 Å². The molecular weight excluding hydrogens is 366 g/mol. The average molecular weight is 397 g/mol. The minimum absolute atomic E-state index is 0.0627. The van der Waals surface area contributed by atoms with Crippen LogP contribution in [0.3, 0.4) is 0 Å². The Morgan fingerprint density at radius 2 is 1.93 bits per heavy atom. The van der Waals surface area contributed by atoms with Gasteiger partial charge in [-0.3, -0.25) is 4.79 Å². The Labute approximate surface area is 161 Å². The lowest BCUT2D eigenvalue weighted by molar-refractivity contribution is -0.915. The number of phenolic OH excluding ortho intramolecular Hbond substituents is 1. The van der Waals surface area contributed by atoms with Gasteiger partial charge in [-0.05, 0) is 44.5 Å². The first kappa shape index (κ1) is 19.9. The lowest BCUT2D eigenvalue weighted by Gasteiger charge is -2.38. The standard InChI is InChI=1S/C19H29N3O4S/c1-3-22(17-8-13-27(25,26)14-17)19(24)15(2)20-9-11-21(12-10-20)16-4-6-18(23)7-5-16/h4-7,15,17,23H,3,8-14H2,1-2H3/p+1/t15-,17-/m1/s1. The van der Waals surface area contributed by atoms with Crippen LogP contribution < -0.4 is 9.80 Å². The minimum atomic E-state index is -3.00. The molecule has 0 unspecified atom stereocenters. The van der Waals surface area contributed by atoms with Crippen LogP contribution in [-0.2, 0) is 14.6 Å². The SMILES string of the molecule is CCN(C(=O)[C@@H](C)[NH+]1CCN(c2ccc(O)cc2)CC1)[C@@H]1CCS(=O)(=O)C1. The number of hydrogen-bond acceptors (Lipinski definition) is 5. The van der Waals surface area contributed by atoms with Gasteiger partial charge in [0, 0.05) is 18.3 Å². The van der Waals surface area contributed by atoms with Gasteiger partial charge in [0.15, 0.2) is 15.9 Å². The number of nitrogens with zero attached hydrogens (tertiary/aromatic N) is 2. The fourth-order valence-electron chi connectivity index (χ4n) is 4.19. The predicted octanol–water partition coefficient (Wildman–Crippen LogP) is -0.479. The molecule has 1 aromatic carbocycles. The minimum Gasteiger partial charge on any atom is -0.508 e. The van der Waals surface area contributed by atoms with Crippen molar-refractivity contribution < 1.29 is 23.2 Å². The van der Waals surface area contributed by atoms with E-state index in [0.717, 1.165) is 31.9 Å². The van der Waals surface area contributed by atoms with Crippen LogP contribution in [0.5, 0.6) is 5.75 Å². The van der Waals surface area contributed by atoms with E-state index in [1.54, 1.807) is 17.0 Å². The number of aromatic hydroxyl groups is 1. The summed E-state index contributed by atoms with van der Waals surface area (Å²) in [6.07, 6.45) is 0.554. The lowest BCUT2D eigenvalue weighted by atomic mass is 10.1. The fraction of sp³-hybridized carbons (Fsp3) is 0.632. The molecule has 2 atom stereocenters. The molecule has 7 nitrogen and oxygen atoms in total. The zero-order valence-electron chi connectivity index (χ0n) is 16.1. The molecule has 2 N–H and O–H groups in total. The van der Waals surface area contributed by atoms with Gasteiger partial charge in [0.2, 0.25) is 0 Å². The van der Waals surface area contributed by atoms with Gasteiger partial charge in [0.25, 0.3) is 5.91 Å². The molecule has 0 radical (unpaired) electrons. The molecular formula is C19H30N3O4S+. The maximum atomic E-state index is 13.0.